The lowest BCUT2D eigenvalue weighted by molar-refractivity contribution is -0.143. The number of methoxy groups -OCH3 is 1. The van der Waals surface area contributed by atoms with Crippen molar-refractivity contribution in [2.75, 3.05) is 7.11 Å². The van der Waals surface area contributed by atoms with Gasteiger partial charge in [-0.05, 0) is 31.6 Å². The molecule has 0 bridgehead atoms. The fourth-order valence-corrected chi connectivity index (χ4v) is 3.59. The Morgan fingerprint density at radius 3 is 2.54 bits per heavy atom. The number of halogens is 1. The molecule has 6 nitrogen and oxygen atoms in total. The number of hydrogen-bond donors (Lipinski definition) is 1. The van der Waals surface area contributed by atoms with Crippen molar-refractivity contribution < 1.29 is 19.0 Å². The van der Waals surface area contributed by atoms with Crippen LogP contribution in [0, 0.1) is 17.7 Å². The van der Waals surface area contributed by atoms with Gasteiger partial charge in [-0.25, -0.2) is 9.18 Å². The lowest BCUT2D eigenvalue weighted by Gasteiger charge is -2.26. The van der Waals surface area contributed by atoms with E-state index in [-0.39, 0.29) is 23.3 Å². The molecule has 1 fully saturated rings. The number of aryl methyl sites for hydroxylation is 1. The number of fused-ring (bicyclic) bond motifs is 1. The Morgan fingerprint density at radius 2 is 1.96 bits per heavy atom. The molecule has 0 saturated heterocycles. The predicted octanol–water partition coefficient (Wildman–Crippen LogP) is 2.38. The highest BCUT2D eigenvalue weighted by atomic mass is 19.1. The van der Waals surface area contributed by atoms with Crippen LogP contribution in [0.15, 0.2) is 16.9 Å². The summed E-state index contributed by atoms with van der Waals surface area (Å²) in [5.41, 5.74) is 0.969. The van der Waals surface area contributed by atoms with Crippen LogP contribution in [0.2, 0.25) is 0 Å². The fourth-order valence-electron chi connectivity index (χ4n) is 3.59. The molecule has 0 aliphatic heterocycles. The third-order valence-electron chi connectivity index (χ3n) is 5.06. The standard InChI is InChI=1S/C17H21FN2O4/c1-19-13-7-12(18)15(24-2)8-14(13)20(17(19)23)9-10-3-5-11(6-4-10)16(21)22/h7-8,10-11H,3-6,9H2,1-2H3,(H,21,22). The number of carbonyl (C=O) groups is 1. The minimum absolute atomic E-state index is 0.108. The van der Waals surface area contributed by atoms with Crippen LogP contribution in [-0.2, 0) is 18.4 Å². The summed E-state index contributed by atoms with van der Waals surface area (Å²) in [6.07, 6.45) is 2.82. The Balaban J connectivity index is 1.91. The van der Waals surface area contributed by atoms with Crippen LogP contribution < -0.4 is 10.4 Å². The molecular weight excluding hydrogens is 315 g/mol. The number of ether oxygens (including phenoxy) is 1. The van der Waals surface area contributed by atoms with Crippen molar-refractivity contribution in [2.45, 2.75) is 32.2 Å². The van der Waals surface area contributed by atoms with Crippen LogP contribution in [0.3, 0.4) is 0 Å². The highest BCUT2D eigenvalue weighted by Crippen LogP contribution is 2.31. The van der Waals surface area contributed by atoms with E-state index >= 15 is 0 Å². The van der Waals surface area contributed by atoms with Gasteiger partial charge in [0.2, 0.25) is 0 Å². The van der Waals surface area contributed by atoms with Gasteiger partial charge >= 0.3 is 11.7 Å². The van der Waals surface area contributed by atoms with Crippen molar-refractivity contribution in [3.05, 3.63) is 28.4 Å². The highest BCUT2D eigenvalue weighted by Gasteiger charge is 2.27. The molecule has 24 heavy (non-hydrogen) atoms. The molecule has 3 rings (SSSR count). The number of aliphatic carboxylic acids is 1. The Labute approximate surface area is 138 Å². The summed E-state index contributed by atoms with van der Waals surface area (Å²) in [4.78, 5) is 23.6. The van der Waals surface area contributed by atoms with E-state index in [0.717, 1.165) is 12.8 Å². The molecule has 1 aromatic carbocycles. The quantitative estimate of drug-likeness (QED) is 0.930. The van der Waals surface area contributed by atoms with E-state index in [1.54, 1.807) is 17.7 Å². The maximum atomic E-state index is 13.9. The van der Waals surface area contributed by atoms with Gasteiger partial charge in [-0.2, -0.15) is 0 Å². The second-order valence-corrected chi connectivity index (χ2v) is 6.48. The zero-order valence-electron chi connectivity index (χ0n) is 13.8. The van der Waals surface area contributed by atoms with Crippen molar-refractivity contribution in [3.8, 4) is 5.75 Å². The van der Waals surface area contributed by atoms with Crippen LogP contribution in [0.1, 0.15) is 25.7 Å². The molecule has 1 aliphatic carbocycles. The number of hydrogen-bond acceptors (Lipinski definition) is 3. The fraction of sp³-hybridized carbons (Fsp3) is 0.529. The summed E-state index contributed by atoms with van der Waals surface area (Å²) >= 11 is 0. The van der Waals surface area contributed by atoms with Crippen LogP contribution in [0.25, 0.3) is 11.0 Å². The molecule has 130 valence electrons. The highest BCUT2D eigenvalue weighted by molar-refractivity contribution is 5.78. The molecule has 7 heteroatoms. The Bertz CT molecular complexity index is 831. The van der Waals surface area contributed by atoms with Crippen molar-refractivity contribution in [1.82, 2.24) is 9.13 Å². The largest absolute Gasteiger partial charge is 0.494 e. The van der Waals surface area contributed by atoms with Crippen LogP contribution in [0.4, 0.5) is 4.39 Å². The molecule has 1 N–H and O–H groups in total. The summed E-state index contributed by atoms with van der Waals surface area (Å²) in [6, 6.07) is 2.86. The molecule has 1 aromatic heterocycles. The Morgan fingerprint density at radius 1 is 1.29 bits per heavy atom. The zero-order chi connectivity index (χ0) is 17.4. The molecule has 2 aromatic rings. The van der Waals surface area contributed by atoms with Crippen molar-refractivity contribution >= 4 is 17.0 Å². The number of rotatable bonds is 4. The first-order chi connectivity index (χ1) is 11.4. The SMILES string of the molecule is COc1cc2c(cc1F)n(C)c(=O)n2CC1CCC(C(=O)O)CC1. The van der Waals surface area contributed by atoms with E-state index in [4.69, 9.17) is 9.84 Å². The number of nitrogens with zero attached hydrogens (tertiary/aromatic N) is 2. The summed E-state index contributed by atoms with van der Waals surface area (Å²) in [5.74, 6) is -1.16. The molecule has 0 atom stereocenters. The average molecular weight is 336 g/mol. The first-order valence-electron chi connectivity index (χ1n) is 8.08. The van der Waals surface area contributed by atoms with Gasteiger partial charge in [0.05, 0.1) is 24.1 Å². The Kier molecular flexibility index (Phi) is 4.34. The monoisotopic (exact) mass is 336 g/mol. The van der Waals surface area contributed by atoms with Crippen LogP contribution >= 0.6 is 0 Å². The number of carboxylic acid groups (broad SMARTS) is 1. The molecule has 0 spiro atoms. The summed E-state index contributed by atoms with van der Waals surface area (Å²) in [5, 5.41) is 9.08. The average Bonchev–Trinajstić information content (AvgIpc) is 2.79. The second kappa shape index (κ2) is 6.30. The number of carboxylic acids is 1. The minimum atomic E-state index is -0.740. The lowest BCUT2D eigenvalue weighted by Crippen LogP contribution is -2.28. The molecule has 0 unspecified atom stereocenters. The number of imidazole rings is 1. The normalized spacial score (nSPS) is 21.1. The molecular formula is C17H21FN2O4. The molecule has 1 aliphatic rings. The molecule has 0 radical (unpaired) electrons. The topological polar surface area (TPSA) is 73.5 Å². The first-order valence-corrected chi connectivity index (χ1v) is 8.08. The van der Waals surface area contributed by atoms with Crippen molar-refractivity contribution in [1.29, 1.82) is 0 Å². The van der Waals surface area contributed by atoms with Gasteiger partial charge < -0.3 is 9.84 Å². The van der Waals surface area contributed by atoms with E-state index < -0.39 is 11.8 Å². The molecule has 1 heterocycles. The zero-order valence-corrected chi connectivity index (χ0v) is 13.8. The first kappa shape index (κ1) is 16.5. The van der Waals surface area contributed by atoms with Gasteiger partial charge in [-0.3, -0.25) is 13.9 Å². The number of benzene rings is 1. The second-order valence-electron chi connectivity index (χ2n) is 6.48. The van der Waals surface area contributed by atoms with Gasteiger partial charge in [0.25, 0.3) is 0 Å². The summed E-state index contributed by atoms with van der Waals surface area (Å²) in [7, 11) is 3.01. The van der Waals surface area contributed by atoms with Gasteiger partial charge in [0.1, 0.15) is 0 Å². The molecule has 1 saturated carbocycles. The van der Waals surface area contributed by atoms with Crippen molar-refractivity contribution in [3.63, 3.8) is 0 Å². The number of aromatic nitrogens is 2. The minimum Gasteiger partial charge on any atom is -0.494 e. The van der Waals surface area contributed by atoms with E-state index in [1.807, 2.05) is 0 Å². The van der Waals surface area contributed by atoms with E-state index in [9.17, 15) is 14.0 Å². The summed E-state index contributed by atoms with van der Waals surface area (Å²) in [6.45, 7) is 0.511. The van der Waals surface area contributed by atoms with Gasteiger partial charge in [-0.15, -0.1) is 0 Å². The Hall–Kier alpha value is -2.31. The summed E-state index contributed by atoms with van der Waals surface area (Å²) < 4.78 is 22.0. The van der Waals surface area contributed by atoms with E-state index in [2.05, 4.69) is 0 Å². The smallest absolute Gasteiger partial charge is 0.328 e. The third kappa shape index (κ3) is 2.79. The van der Waals surface area contributed by atoms with Crippen molar-refractivity contribution in [2.24, 2.45) is 18.9 Å². The van der Waals surface area contributed by atoms with Gasteiger partial charge in [0.15, 0.2) is 11.6 Å². The maximum absolute atomic E-state index is 13.9. The van der Waals surface area contributed by atoms with Gasteiger partial charge in [0, 0.05) is 25.7 Å². The van der Waals surface area contributed by atoms with E-state index in [1.165, 1.54) is 17.7 Å². The third-order valence-corrected chi connectivity index (χ3v) is 5.06. The maximum Gasteiger partial charge on any atom is 0.328 e. The predicted molar refractivity (Wildman–Crippen MR) is 86.8 cm³/mol. The molecule has 0 amide bonds. The van der Waals surface area contributed by atoms with E-state index in [0.29, 0.717) is 30.4 Å². The van der Waals surface area contributed by atoms with Gasteiger partial charge in [-0.1, -0.05) is 0 Å². The van der Waals surface area contributed by atoms with Crippen LogP contribution in [0.5, 0.6) is 5.75 Å². The van der Waals surface area contributed by atoms with Crippen LogP contribution in [-0.4, -0.2) is 27.3 Å². The lowest BCUT2D eigenvalue weighted by atomic mass is 9.82.